The van der Waals surface area contributed by atoms with Crippen molar-refractivity contribution in [1.29, 1.82) is 0 Å². The summed E-state index contributed by atoms with van der Waals surface area (Å²) < 4.78 is 21.6. The van der Waals surface area contributed by atoms with Crippen molar-refractivity contribution in [1.82, 2.24) is 0 Å². The van der Waals surface area contributed by atoms with E-state index >= 15 is 0 Å². The molecule has 0 heterocycles. The molecule has 0 aliphatic heterocycles. The second-order valence-corrected chi connectivity index (χ2v) is 9.98. The van der Waals surface area contributed by atoms with Gasteiger partial charge in [-0.2, -0.15) is 0 Å². The molecule has 228 valence electrons. The first-order valence-corrected chi connectivity index (χ1v) is 14.6. The normalized spacial score (nSPS) is 10.8. The maximum absolute atomic E-state index is 12.3. The van der Waals surface area contributed by atoms with E-state index in [1.807, 2.05) is 0 Å². The molecule has 0 saturated carbocycles. The van der Waals surface area contributed by atoms with Crippen LogP contribution in [0.2, 0.25) is 0 Å². The second-order valence-electron chi connectivity index (χ2n) is 9.98. The molecule has 0 radical (unpaired) electrons. The molecular formula is C34H40N2O7. The molecule has 4 N–H and O–H groups in total. The van der Waals surface area contributed by atoms with Crippen LogP contribution in [0.3, 0.4) is 0 Å². The van der Waals surface area contributed by atoms with E-state index in [9.17, 15) is 14.4 Å². The quantitative estimate of drug-likeness (QED) is 0.0586. The number of nitrogen functional groups attached to an aromatic ring is 2. The molecule has 9 heteroatoms. The molecule has 0 unspecified atom stereocenters. The van der Waals surface area contributed by atoms with Crippen LogP contribution in [0, 0.1) is 0 Å². The molecule has 0 spiro atoms. The second kappa shape index (κ2) is 17.9. The molecule has 0 bridgehead atoms. The largest absolute Gasteiger partial charge is 0.494 e. The predicted octanol–water partition coefficient (Wildman–Crippen LogP) is 6.61. The van der Waals surface area contributed by atoms with E-state index in [2.05, 4.69) is 6.92 Å². The number of esters is 3. The summed E-state index contributed by atoms with van der Waals surface area (Å²) >= 11 is 0. The van der Waals surface area contributed by atoms with E-state index in [0.29, 0.717) is 48.1 Å². The standard InChI is InChI=1S/C34H40N2O7/c1-2-3-19-40-30-14-16-31(17-15-30)43-32(37)18-11-25-9-12-26(13-10-25)33(38)41-20-7-5-4-6-8-21-42-34(39)27-22-28(35)24-29(36)23-27/h9-18,22-24H,2-8,19-21,35-36H2,1H3. The van der Waals surface area contributed by atoms with Crippen molar-refractivity contribution >= 4 is 35.4 Å². The zero-order valence-electron chi connectivity index (χ0n) is 24.6. The number of anilines is 2. The summed E-state index contributed by atoms with van der Waals surface area (Å²) in [5, 5.41) is 0. The minimum Gasteiger partial charge on any atom is -0.494 e. The molecule has 0 amide bonds. The van der Waals surface area contributed by atoms with Crippen LogP contribution in [-0.2, 0) is 14.3 Å². The summed E-state index contributed by atoms with van der Waals surface area (Å²) in [6.45, 7) is 3.40. The smallest absolute Gasteiger partial charge is 0.338 e. The van der Waals surface area contributed by atoms with Crippen molar-refractivity contribution in [3.8, 4) is 11.5 Å². The highest BCUT2D eigenvalue weighted by Gasteiger charge is 2.09. The number of carbonyl (C=O) groups is 3. The van der Waals surface area contributed by atoms with Gasteiger partial charge in [0.2, 0.25) is 0 Å². The Balaban J connectivity index is 1.26. The lowest BCUT2D eigenvalue weighted by atomic mass is 10.1. The highest BCUT2D eigenvalue weighted by Crippen LogP contribution is 2.19. The third-order valence-electron chi connectivity index (χ3n) is 6.34. The molecule has 3 rings (SSSR count). The monoisotopic (exact) mass is 588 g/mol. The van der Waals surface area contributed by atoms with Gasteiger partial charge in [-0.1, -0.05) is 44.7 Å². The molecule has 3 aromatic rings. The molecule has 0 saturated heterocycles. The fraction of sp³-hybridized carbons (Fsp3) is 0.324. The van der Waals surface area contributed by atoms with Gasteiger partial charge in [0.25, 0.3) is 0 Å². The van der Waals surface area contributed by atoms with Gasteiger partial charge in [0.1, 0.15) is 11.5 Å². The van der Waals surface area contributed by atoms with Gasteiger partial charge in [-0.15, -0.1) is 0 Å². The first-order valence-electron chi connectivity index (χ1n) is 14.6. The summed E-state index contributed by atoms with van der Waals surface area (Å²) in [5.41, 5.74) is 13.8. The first kappa shape index (κ1) is 32.7. The Morgan fingerprint density at radius 2 is 1.21 bits per heavy atom. The van der Waals surface area contributed by atoms with Crippen molar-refractivity contribution in [2.75, 3.05) is 31.3 Å². The maximum atomic E-state index is 12.3. The molecule has 3 aromatic carbocycles. The first-order chi connectivity index (χ1) is 20.8. The van der Waals surface area contributed by atoms with Crippen LogP contribution in [0.25, 0.3) is 6.08 Å². The van der Waals surface area contributed by atoms with Gasteiger partial charge in [-0.25, -0.2) is 14.4 Å². The molecule has 9 nitrogen and oxygen atoms in total. The van der Waals surface area contributed by atoms with Crippen molar-refractivity contribution in [3.05, 3.63) is 89.5 Å². The number of ether oxygens (including phenoxy) is 4. The zero-order chi connectivity index (χ0) is 30.9. The van der Waals surface area contributed by atoms with Crippen LogP contribution in [0.1, 0.15) is 78.1 Å². The number of benzene rings is 3. The van der Waals surface area contributed by atoms with E-state index in [0.717, 1.165) is 56.3 Å². The number of hydrogen-bond acceptors (Lipinski definition) is 9. The Morgan fingerprint density at radius 1 is 0.651 bits per heavy atom. The van der Waals surface area contributed by atoms with Crippen LogP contribution in [-0.4, -0.2) is 37.7 Å². The number of carbonyl (C=O) groups excluding carboxylic acids is 3. The van der Waals surface area contributed by atoms with Gasteiger partial charge in [0.15, 0.2) is 0 Å². The van der Waals surface area contributed by atoms with Crippen molar-refractivity contribution < 1.29 is 33.3 Å². The fourth-order valence-corrected chi connectivity index (χ4v) is 4.01. The van der Waals surface area contributed by atoms with Gasteiger partial charge in [0.05, 0.1) is 30.9 Å². The van der Waals surface area contributed by atoms with E-state index in [4.69, 9.17) is 30.4 Å². The fourth-order valence-electron chi connectivity index (χ4n) is 4.01. The average molecular weight is 589 g/mol. The van der Waals surface area contributed by atoms with E-state index < -0.39 is 17.9 Å². The minimum atomic E-state index is -0.507. The molecule has 0 aliphatic carbocycles. The lowest BCUT2D eigenvalue weighted by molar-refractivity contribution is -0.128. The van der Waals surface area contributed by atoms with Crippen molar-refractivity contribution in [2.45, 2.75) is 51.9 Å². The van der Waals surface area contributed by atoms with Gasteiger partial charge in [-0.05, 0) is 85.5 Å². The lowest BCUT2D eigenvalue weighted by Gasteiger charge is -2.07. The number of nitrogens with two attached hydrogens (primary N) is 2. The Kier molecular flexibility index (Phi) is 13.6. The molecule has 0 fully saturated rings. The summed E-state index contributed by atoms with van der Waals surface area (Å²) in [7, 11) is 0. The van der Waals surface area contributed by atoms with Crippen molar-refractivity contribution in [3.63, 3.8) is 0 Å². The number of hydrogen-bond donors (Lipinski definition) is 2. The summed E-state index contributed by atoms with van der Waals surface area (Å²) in [5.74, 6) is -0.183. The molecule has 43 heavy (non-hydrogen) atoms. The summed E-state index contributed by atoms with van der Waals surface area (Å²) in [6.07, 6.45) is 9.20. The average Bonchev–Trinajstić information content (AvgIpc) is 2.99. The molecule has 0 atom stereocenters. The topological polar surface area (TPSA) is 140 Å². The highest BCUT2D eigenvalue weighted by atomic mass is 16.5. The van der Waals surface area contributed by atoms with Gasteiger partial charge in [0, 0.05) is 17.5 Å². The van der Waals surface area contributed by atoms with Crippen LogP contribution >= 0.6 is 0 Å². The van der Waals surface area contributed by atoms with E-state index in [1.54, 1.807) is 60.7 Å². The Hall–Kier alpha value is -4.79. The minimum absolute atomic E-state index is 0.317. The van der Waals surface area contributed by atoms with E-state index in [-0.39, 0.29) is 0 Å². The summed E-state index contributed by atoms with van der Waals surface area (Å²) in [4.78, 5) is 36.6. The summed E-state index contributed by atoms with van der Waals surface area (Å²) in [6, 6.07) is 18.4. The lowest BCUT2D eigenvalue weighted by Crippen LogP contribution is -2.08. The maximum Gasteiger partial charge on any atom is 0.338 e. The van der Waals surface area contributed by atoms with Gasteiger partial charge < -0.3 is 30.4 Å². The van der Waals surface area contributed by atoms with Crippen LogP contribution in [0.5, 0.6) is 11.5 Å². The third-order valence-corrected chi connectivity index (χ3v) is 6.34. The SMILES string of the molecule is CCCCOc1ccc(OC(=O)C=Cc2ccc(C(=O)OCCCCCCCOC(=O)c3cc(N)cc(N)c3)cc2)cc1. The number of unbranched alkanes of at least 4 members (excludes halogenated alkanes) is 5. The Morgan fingerprint density at radius 3 is 1.81 bits per heavy atom. The molecule has 0 aliphatic rings. The van der Waals surface area contributed by atoms with Gasteiger partial charge in [-0.3, -0.25) is 0 Å². The predicted molar refractivity (Wildman–Crippen MR) is 167 cm³/mol. The highest BCUT2D eigenvalue weighted by molar-refractivity contribution is 5.92. The van der Waals surface area contributed by atoms with Crippen LogP contribution in [0.4, 0.5) is 11.4 Å². The van der Waals surface area contributed by atoms with E-state index in [1.165, 1.54) is 18.2 Å². The number of rotatable bonds is 17. The Labute approximate surface area is 252 Å². The van der Waals surface area contributed by atoms with Gasteiger partial charge >= 0.3 is 17.9 Å². The molecule has 0 aromatic heterocycles. The Bertz CT molecular complexity index is 1330. The zero-order valence-corrected chi connectivity index (χ0v) is 24.6. The van der Waals surface area contributed by atoms with Crippen molar-refractivity contribution in [2.24, 2.45) is 0 Å². The van der Waals surface area contributed by atoms with Crippen LogP contribution in [0.15, 0.2) is 72.8 Å². The molecular weight excluding hydrogens is 548 g/mol. The third kappa shape index (κ3) is 12.3. The van der Waals surface area contributed by atoms with Crippen LogP contribution < -0.4 is 20.9 Å².